The van der Waals surface area contributed by atoms with Gasteiger partial charge in [0.05, 0.1) is 6.10 Å². The Hall–Kier alpha value is -0.130. The second-order valence-electron chi connectivity index (χ2n) is 2.43. The van der Waals surface area contributed by atoms with Crippen LogP contribution in [0.5, 0.6) is 0 Å². The molecule has 60 valence electrons. The van der Waals surface area contributed by atoms with Crippen LogP contribution in [0.3, 0.4) is 0 Å². The van der Waals surface area contributed by atoms with Crippen LogP contribution in [0, 0.1) is 0 Å². The molecule has 0 amide bonds. The van der Waals surface area contributed by atoms with Crippen LogP contribution in [0.1, 0.15) is 25.7 Å². The average Bonchev–Trinajstić information content (AvgIpc) is 2.12. The van der Waals surface area contributed by atoms with Gasteiger partial charge in [-0.05, 0) is 12.8 Å². The molecule has 0 radical (unpaired) electrons. The first kappa shape index (κ1) is 7.97. The molecule has 1 N–H and O–H groups in total. The lowest BCUT2D eigenvalue weighted by Gasteiger charge is -2.05. The standard InChI is InChI=1S/C5H10O4S/c6-10(7,8)9-5-3-1-2-4-5/h5H,1-4H2,(H,6,7,8). The predicted molar refractivity (Wildman–Crippen MR) is 34.9 cm³/mol. The van der Waals surface area contributed by atoms with Gasteiger partial charge in [0.25, 0.3) is 0 Å². The van der Waals surface area contributed by atoms with E-state index in [1.165, 1.54) is 0 Å². The summed E-state index contributed by atoms with van der Waals surface area (Å²) in [7, 11) is -4.21. The topological polar surface area (TPSA) is 63.6 Å². The summed E-state index contributed by atoms with van der Waals surface area (Å²) in [6.07, 6.45) is 3.16. The van der Waals surface area contributed by atoms with Gasteiger partial charge in [0.15, 0.2) is 0 Å². The summed E-state index contributed by atoms with van der Waals surface area (Å²) in [6.45, 7) is 0. The van der Waals surface area contributed by atoms with Gasteiger partial charge in [-0.25, -0.2) is 4.18 Å². The van der Waals surface area contributed by atoms with Crippen molar-refractivity contribution in [1.29, 1.82) is 0 Å². The lowest BCUT2D eigenvalue weighted by molar-refractivity contribution is 0.188. The van der Waals surface area contributed by atoms with E-state index in [-0.39, 0.29) is 6.10 Å². The second kappa shape index (κ2) is 2.86. The van der Waals surface area contributed by atoms with E-state index in [0.29, 0.717) is 0 Å². The highest BCUT2D eigenvalue weighted by Gasteiger charge is 2.20. The molecule has 4 nitrogen and oxygen atoms in total. The van der Waals surface area contributed by atoms with Crippen LogP contribution in [0.2, 0.25) is 0 Å². The van der Waals surface area contributed by atoms with Gasteiger partial charge in [-0.15, -0.1) is 0 Å². The molecule has 0 aromatic carbocycles. The number of rotatable bonds is 2. The highest BCUT2D eigenvalue weighted by Crippen LogP contribution is 2.21. The Balaban J connectivity index is 2.38. The molecule has 10 heavy (non-hydrogen) atoms. The lowest BCUT2D eigenvalue weighted by atomic mass is 10.3. The third kappa shape index (κ3) is 2.64. The van der Waals surface area contributed by atoms with Gasteiger partial charge in [-0.1, -0.05) is 12.8 Å². The fourth-order valence-corrected chi connectivity index (χ4v) is 1.69. The molecule has 1 aliphatic rings. The van der Waals surface area contributed by atoms with E-state index in [1.54, 1.807) is 0 Å². The van der Waals surface area contributed by atoms with Gasteiger partial charge >= 0.3 is 10.4 Å². The molecule has 1 aliphatic carbocycles. The highest BCUT2D eigenvalue weighted by atomic mass is 32.3. The summed E-state index contributed by atoms with van der Waals surface area (Å²) in [6, 6.07) is 0. The molecular formula is C5H10O4S. The van der Waals surface area contributed by atoms with Crippen LogP contribution in [0.4, 0.5) is 0 Å². The predicted octanol–water partition coefficient (Wildman–Crippen LogP) is 0.748. The summed E-state index contributed by atoms with van der Waals surface area (Å²) >= 11 is 0. The first-order valence-corrected chi connectivity index (χ1v) is 4.60. The first-order valence-electron chi connectivity index (χ1n) is 3.23. The Morgan fingerprint density at radius 3 is 2.20 bits per heavy atom. The van der Waals surface area contributed by atoms with E-state index >= 15 is 0 Å². The van der Waals surface area contributed by atoms with Crippen molar-refractivity contribution in [3.05, 3.63) is 0 Å². The molecule has 1 rings (SSSR count). The molecule has 5 heteroatoms. The van der Waals surface area contributed by atoms with E-state index in [2.05, 4.69) is 4.18 Å². The molecule has 0 aromatic heterocycles. The summed E-state index contributed by atoms with van der Waals surface area (Å²) in [5, 5.41) is 0. The maximum atomic E-state index is 10.1. The van der Waals surface area contributed by atoms with Gasteiger partial charge in [-0.2, -0.15) is 8.42 Å². The third-order valence-corrected chi connectivity index (χ3v) is 2.08. The molecule has 0 saturated heterocycles. The smallest absolute Gasteiger partial charge is 0.264 e. The van der Waals surface area contributed by atoms with Crippen molar-refractivity contribution in [2.75, 3.05) is 0 Å². The van der Waals surface area contributed by atoms with Gasteiger partial charge in [-0.3, -0.25) is 4.55 Å². The summed E-state index contributed by atoms with van der Waals surface area (Å²) in [5.74, 6) is 0. The van der Waals surface area contributed by atoms with Crippen molar-refractivity contribution >= 4 is 10.4 Å². The van der Waals surface area contributed by atoms with E-state index in [1.807, 2.05) is 0 Å². The number of hydrogen-bond acceptors (Lipinski definition) is 3. The zero-order valence-corrected chi connectivity index (χ0v) is 6.30. The SMILES string of the molecule is O=S(=O)(O)OC1CCCC1. The van der Waals surface area contributed by atoms with Crippen LogP contribution in [-0.2, 0) is 14.6 Å². The molecular weight excluding hydrogens is 156 g/mol. The van der Waals surface area contributed by atoms with Crippen LogP contribution in [0.15, 0.2) is 0 Å². The lowest BCUT2D eigenvalue weighted by Crippen LogP contribution is -2.13. The molecule has 0 unspecified atom stereocenters. The molecule has 1 fully saturated rings. The molecule has 0 spiro atoms. The Morgan fingerprint density at radius 1 is 1.30 bits per heavy atom. The van der Waals surface area contributed by atoms with Gasteiger partial charge in [0.2, 0.25) is 0 Å². The summed E-state index contributed by atoms with van der Waals surface area (Å²) in [5.41, 5.74) is 0. The maximum Gasteiger partial charge on any atom is 0.397 e. The van der Waals surface area contributed by atoms with Crippen molar-refractivity contribution < 1.29 is 17.2 Å². The summed E-state index contributed by atoms with van der Waals surface area (Å²) < 4.78 is 32.8. The third-order valence-electron chi connectivity index (χ3n) is 1.56. The molecule has 0 atom stereocenters. The quantitative estimate of drug-likeness (QED) is 0.615. The fourth-order valence-electron chi connectivity index (χ4n) is 1.16. The van der Waals surface area contributed by atoms with Crippen LogP contribution >= 0.6 is 0 Å². The molecule has 0 aromatic rings. The minimum Gasteiger partial charge on any atom is -0.264 e. The zero-order chi connectivity index (χ0) is 7.61. The van der Waals surface area contributed by atoms with E-state index < -0.39 is 10.4 Å². The molecule has 0 aliphatic heterocycles. The molecule has 1 saturated carbocycles. The molecule has 0 heterocycles. The fraction of sp³-hybridized carbons (Fsp3) is 1.00. The van der Waals surface area contributed by atoms with E-state index in [0.717, 1.165) is 25.7 Å². The Morgan fingerprint density at radius 2 is 1.80 bits per heavy atom. The van der Waals surface area contributed by atoms with Crippen molar-refractivity contribution in [2.45, 2.75) is 31.8 Å². The highest BCUT2D eigenvalue weighted by molar-refractivity contribution is 7.80. The largest absolute Gasteiger partial charge is 0.397 e. The van der Waals surface area contributed by atoms with Crippen molar-refractivity contribution in [3.8, 4) is 0 Å². The number of hydrogen-bond donors (Lipinski definition) is 1. The zero-order valence-electron chi connectivity index (χ0n) is 5.49. The monoisotopic (exact) mass is 166 g/mol. The molecule has 0 bridgehead atoms. The van der Waals surface area contributed by atoms with Crippen molar-refractivity contribution in [1.82, 2.24) is 0 Å². The van der Waals surface area contributed by atoms with Crippen LogP contribution < -0.4 is 0 Å². The van der Waals surface area contributed by atoms with Crippen molar-refractivity contribution in [2.24, 2.45) is 0 Å². The Labute approximate surface area is 60.1 Å². The first-order chi connectivity index (χ1) is 4.58. The average molecular weight is 166 g/mol. The van der Waals surface area contributed by atoms with Crippen LogP contribution in [-0.4, -0.2) is 19.1 Å². The van der Waals surface area contributed by atoms with Gasteiger partial charge in [0.1, 0.15) is 0 Å². The second-order valence-corrected chi connectivity index (χ2v) is 3.48. The Kier molecular flexibility index (Phi) is 2.28. The maximum absolute atomic E-state index is 10.1. The Bertz CT molecular complexity index is 190. The van der Waals surface area contributed by atoms with Gasteiger partial charge < -0.3 is 0 Å². The van der Waals surface area contributed by atoms with Gasteiger partial charge in [0, 0.05) is 0 Å². The van der Waals surface area contributed by atoms with E-state index in [4.69, 9.17) is 4.55 Å². The van der Waals surface area contributed by atoms with Crippen LogP contribution in [0.25, 0.3) is 0 Å². The normalized spacial score (nSPS) is 21.7. The summed E-state index contributed by atoms with van der Waals surface area (Å²) in [4.78, 5) is 0. The minimum absolute atomic E-state index is 0.282. The minimum atomic E-state index is -4.21. The van der Waals surface area contributed by atoms with Crippen molar-refractivity contribution in [3.63, 3.8) is 0 Å². The van der Waals surface area contributed by atoms with E-state index in [9.17, 15) is 8.42 Å².